The summed E-state index contributed by atoms with van der Waals surface area (Å²) in [5.41, 5.74) is -0.848. The van der Waals surface area contributed by atoms with Gasteiger partial charge in [-0.1, -0.05) is 24.9 Å². The monoisotopic (exact) mass is 315 g/mol. The lowest BCUT2D eigenvalue weighted by atomic mass is 10.0. The molecule has 1 atom stereocenters. The number of pyridine rings is 1. The van der Waals surface area contributed by atoms with E-state index in [4.69, 9.17) is 16.7 Å². The first kappa shape index (κ1) is 16.8. The number of hydrogen-bond donors (Lipinski definition) is 2. The van der Waals surface area contributed by atoms with Gasteiger partial charge in [0.1, 0.15) is 5.56 Å². The summed E-state index contributed by atoms with van der Waals surface area (Å²) in [6.07, 6.45) is 2.22. The van der Waals surface area contributed by atoms with E-state index < -0.39 is 33.6 Å². The SMILES string of the molecule is CCCC(CNC(=O)c1ccnc(Cl)c1[N+](=O)[O-])C(=O)O. The summed E-state index contributed by atoms with van der Waals surface area (Å²) in [4.78, 5) is 36.6. The summed E-state index contributed by atoms with van der Waals surface area (Å²) in [5, 5.41) is 21.9. The topological polar surface area (TPSA) is 122 Å². The zero-order chi connectivity index (χ0) is 16.0. The first-order valence-corrected chi connectivity index (χ1v) is 6.56. The second kappa shape index (κ2) is 7.53. The van der Waals surface area contributed by atoms with Crippen LogP contribution in [0.3, 0.4) is 0 Å². The zero-order valence-electron chi connectivity index (χ0n) is 11.2. The first-order chi connectivity index (χ1) is 9.88. The van der Waals surface area contributed by atoms with Crippen molar-refractivity contribution in [3.8, 4) is 0 Å². The molecule has 0 fully saturated rings. The lowest BCUT2D eigenvalue weighted by Crippen LogP contribution is -2.33. The third-order valence-electron chi connectivity index (χ3n) is 2.80. The van der Waals surface area contributed by atoms with E-state index in [0.29, 0.717) is 12.8 Å². The Balaban J connectivity index is 2.88. The van der Waals surface area contributed by atoms with Gasteiger partial charge in [-0.05, 0) is 12.5 Å². The van der Waals surface area contributed by atoms with Gasteiger partial charge in [0.25, 0.3) is 5.91 Å². The van der Waals surface area contributed by atoms with Crippen LogP contribution in [0.4, 0.5) is 5.69 Å². The largest absolute Gasteiger partial charge is 0.481 e. The van der Waals surface area contributed by atoms with Gasteiger partial charge in [-0.3, -0.25) is 19.7 Å². The van der Waals surface area contributed by atoms with Crippen molar-refractivity contribution in [2.45, 2.75) is 19.8 Å². The summed E-state index contributed by atoms with van der Waals surface area (Å²) >= 11 is 5.60. The van der Waals surface area contributed by atoms with Gasteiger partial charge in [-0.15, -0.1) is 0 Å². The Morgan fingerprint density at radius 2 is 2.24 bits per heavy atom. The van der Waals surface area contributed by atoms with E-state index in [9.17, 15) is 19.7 Å². The lowest BCUT2D eigenvalue weighted by Gasteiger charge is -2.12. The Labute approximate surface area is 125 Å². The molecule has 1 aromatic rings. The van der Waals surface area contributed by atoms with Gasteiger partial charge in [0.2, 0.25) is 5.15 Å². The fourth-order valence-corrected chi connectivity index (χ4v) is 1.98. The average Bonchev–Trinajstić information content (AvgIpc) is 2.41. The van der Waals surface area contributed by atoms with Crippen molar-refractivity contribution in [1.29, 1.82) is 0 Å². The quantitative estimate of drug-likeness (QED) is 0.450. The molecule has 9 heteroatoms. The predicted octanol–water partition coefficient (Wildman–Crippen LogP) is 1.87. The number of carbonyl (C=O) groups is 2. The number of hydrogen-bond acceptors (Lipinski definition) is 5. The maximum atomic E-state index is 12.0. The van der Waals surface area contributed by atoms with Crippen LogP contribution in [-0.2, 0) is 4.79 Å². The molecule has 8 nitrogen and oxygen atoms in total. The second-order valence-electron chi connectivity index (χ2n) is 4.29. The minimum absolute atomic E-state index is 0.112. The molecule has 114 valence electrons. The number of halogens is 1. The number of aliphatic carboxylic acids is 1. The van der Waals surface area contributed by atoms with Crippen molar-refractivity contribution in [2.24, 2.45) is 5.92 Å². The highest BCUT2D eigenvalue weighted by Gasteiger charge is 2.26. The third kappa shape index (κ3) is 4.38. The summed E-state index contributed by atoms with van der Waals surface area (Å²) in [5.74, 6) is -2.52. The van der Waals surface area contributed by atoms with Gasteiger partial charge >= 0.3 is 11.7 Å². The van der Waals surface area contributed by atoms with E-state index in [-0.39, 0.29) is 12.1 Å². The Morgan fingerprint density at radius 3 is 2.76 bits per heavy atom. The van der Waals surface area contributed by atoms with Gasteiger partial charge < -0.3 is 10.4 Å². The molecule has 1 rings (SSSR count). The standard InChI is InChI=1S/C12H14ClN3O5/c1-2-3-7(12(18)19)6-15-11(17)8-4-5-14-10(13)9(8)16(20)21/h4-5,7H,2-3,6H2,1H3,(H,15,17)(H,18,19). The zero-order valence-corrected chi connectivity index (χ0v) is 12.0. The smallest absolute Gasteiger partial charge is 0.319 e. The van der Waals surface area contributed by atoms with E-state index in [1.165, 1.54) is 6.20 Å². The number of carboxylic acids is 1. The Bertz CT molecular complexity index is 564. The molecule has 0 aliphatic carbocycles. The minimum Gasteiger partial charge on any atom is -0.481 e. The minimum atomic E-state index is -1.03. The maximum Gasteiger partial charge on any atom is 0.319 e. The molecule has 21 heavy (non-hydrogen) atoms. The lowest BCUT2D eigenvalue weighted by molar-refractivity contribution is -0.385. The number of carbonyl (C=O) groups excluding carboxylic acids is 1. The molecule has 0 bridgehead atoms. The van der Waals surface area contributed by atoms with Gasteiger partial charge in [-0.2, -0.15) is 0 Å². The van der Waals surface area contributed by atoms with Crippen molar-refractivity contribution < 1.29 is 19.6 Å². The van der Waals surface area contributed by atoms with Gasteiger partial charge in [0.15, 0.2) is 0 Å². The van der Waals surface area contributed by atoms with Gasteiger partial charge in [0, 0.05) is 12.7 Å². The molecular formula is C12H14ClN3O5. The van der Waals surface area contributed by atoms with Gasteiger partial charge in [0.05, 0.1) is 10.8 Å². The van der Waals surface area contributed by atoms with Gasteiger partial charge in [-0.25, -0.2) is 4.98 Å². The van der Waals surface area contributed by atoms with Crippen molar-refractivity contribution in [2.75, 3.05) is 6.54 Å². The number of rotatable bonds is 7. The van der Waals surface area contributed by atoms with E-state index in [0.717, 1.165) is 6.07 Å². The van der Waals surface area contributed by atoms with E-state index in [1.54, 1.807) is 0 Å². The summed E-state index contributed by atoms with van der Waals surface area (Å²) in [6, 6.07) is 1.16. The molecule has 0 saturated carbocycles. The fourth-order valence-electron chi connectivity index (χ4n) is 1.76. The highest BCUT2D eigenvalue weighted by Crippen LogP contribution is 2.25. The van der Waals surface area contributed by atoms with E-state index >= 15 is 0 Å². The van der Waals surface area contributed by atoms with Crippen LogP contribution in [0.2, 0.25) is 5.15 Å². The predicted molar refractivity (Wildman–Crippen MR) is 74.3 cm³/mol. The van der Waals surface area contributed by atoms with Crippen LogP contribution in [0, 0.1) is 16.0 Å². The molecule has 1 aromatic heterocycles. The summed E-state index contributed by atoms with van der Waals surface area (Å²) in [6.45, 7) is 1.71. The Kier molecular flexibility index (Phi) is 6.04. The molecule has 0 spiro atoms. The highest BCUT2D eigenvalue weighted by molar-refractivity contribution is 6.32. The molecule has 1 amide bonds. The number of nitrogens with zero attached hydrogens (tertiary/aromatic N) is 2. The van der Waals surface area contributed by atoms with Crippen LogP contribution in [-0.4, -0.2) is 33.4 Å². The molecule has 0 radical (unpaired) electrons. The molecule has 0 aromatic carbocycles. The molecule has 1 heterocycles. The molecule has 0 aliphatic heterocycles. The van der Waals surface area contributed by atoms with Crippen molar-refractivity contribution in [1.82, 2.24) is 10.3 Å². The fraction of sp³-hybridized carbons (Fsp3) is 0.417. The molecular weight excluding hydrogens is 302 g/mol. The number of nitro groups is 1. The van der Waals surface area contributed by atoms with Crippen LogP contribution in [0.15, 0.2) is 12.3 Å². The summed E-state index contributed by atoms with van der Waals surface area (Å²) in [7, 11) is 0. The maximum absolute atomic E-state index is 12.0. The van der Waals surface area contributed by atoms with Crippen molar-refractivity contribution >= 4 is 29.2 Å². The van der Waals surface area contributed by atoms with Crippen LogP contribution in [0.25, 0.3) is 0 Å². The van der Waals surface area contributed by atoms with Crippen LogP contribution < -0.4 is 5.32 Å². The number of nitrogens with one attached hydrogen (secondary N) is 1. The van der Waals surface area contributed by atoms with E-state index in [2.05, 4.69) is 10.3 Å². The molecule has 1 unspecified atom stereocenters. The normalized spacial score (nSPS) is 11.7. The first-order valence-electron chi connectivity index (χ1n) is 6.18. The Morgan fingerprint density at radius 1 is 1.57 bits per heavy atom. The van der Waals surface area contributed by atoms with Crippen LogP contribution >= 0.6 is 11.6 Å². The average molecular weight is 316 g/mol. The summed E-state index contributed by atoms with van der Waals surface area (Å²) < 4.78 is 0. The molecule has 0 saturated heterocycles. The van der Waals surface area contributed by atoms with Crippen molar-refractivity contribution in [3.63, 3.8) is 0 Å². The van der Waals surface area contributed by atoms with Crippen LogP contribution in [0.1, 0.15) is 30.1 Å². The third-order valence-corrected chi connectivity index (χ3v) is 3.08. The Hall–Kier alpha value is -2.22. The molecule has 2 N–H and O–H groups in total. The second-order valence-corrected chi connectivity index (χ2v) is 4.65. The molecule has 0 aliphatic rings. The van der Waals surface area contributed by atoms with E-state index in [1.807, 2.05) is 6.92 Å². The number of aromatic nitrogens is 1. The highest BCUT2D eigenvalue weighted by atomic mass is 35.5. The van der Waals surface area contributed by atoms with Crippen molar-refractivity contribution in [3.05, 3.63) is 33.1 Å². The number of amides is 1. The number of carboxylic acid groups (broad SMARTS) is 1. The van der Waals surface area contributed by atoms with Crippen LogP contribution in [0.5, 0.6) is 0 Å².